The van der Waals surface area contributed by atoms with Crippen molar-refractivity contribution in [2.24, 2.45) is 4.99 Å². The maximum atomic E-state index is 8.46. The first-order valence-corrected chi connectivity index (χ1v) is 7.64. The van der Waals surface area contributed by atoms with E-state index in [-0.39, 0.29) is 0 Å². The van der Waals surface area contributed by atoms with Crippen LogP contribution in [-0.4, -0.2) is 11.4 Å². The van der Waals surface area contributed by atoms with Gasteiger partial charge in [-0.05, 0) is 31.7 Å². The molecule has 0 unspecified atom stereocenters. The summed E-state index contributed by atoms with van der Waals surface area (Å²) in [6.45, 7) is 0. The Morgan fingerprint density at radius 1 is 0.810 bits per heavy atom. The van der Waals surface area contributed by atoms with Gasteiger partial charge in [0, 0.05) is 16.8 Å². The van der Waals surface area contributed by atoms with E-state index < -0.39 is 0 Å². The molecule has 1 aliphatic rings. The maximum absolute atomic E-state index is 8.46. The van der Waals surface area contributed by atoms with Gasteiger partial charge in [-0.25, -0.2) is 0 Å². The van der Waals surface area contributed by atoms with E-state index in [2.05, 4.69) is 0 Å². The molecule has 1 fully saturated rings. The minimum atomic E-state index is 0.548. The molecule has 106 valence electrons. The molecule has 2 aromatic carbocycles. The molecule has 2 nitrogen and oxygen atoms in total. The van der Waals surface area contributed by atoms with E-state index >= 15 is 0 Å². The van der Waals surface area contributed by atoms with Crippen LogP contribution in [0.25, 0.3) is 0 Å². The maximum Gasteiger partial charge on any atom is 0.0723 e. The third-order valence-corrected chi connectivity index (χ3v) is 3.95. The van der Waals surface area contributed by atoms with Crippen LogP contribution in [0.5, 0.6) is 0 Å². The highest BCUT2D eigenvalue weighted by Crippen LogP contribution is 2.25. The molecular formula is C19H20N2. The third kappa shape index (κ3) is 3.27. The summed E-state index contributed by atoms with van der Waals surface area (Å²) in [4.78, 5) is 4.84. The molecule has 3 rings (SSSR count). The number of para-hydroxylation sites is 1. The monoisotopic (exact) mass is 276 g/mol. The normalized spacial score (nSPS) is 14.8. The Bertz CT molecular complexity index is 648. The van der Waals surface area contributed by atoms with Crippen molar-refractivity contribution >= 4 is 17.1 Å². The predicted octanol–water partition coefficient (Wildman–Crippen LogP) is 5.14. The van der Waals surface area contributed by atoms with Crippen molar-refractivity contribution in [3.05, 3.63) is 65.7 Å². The van der Waals surface area contributed by atoms with Crippen LogP contribution in [0.4, 0.5) is 5.69 Å². The van der Waals surface area contributed by atoms with Gasteiger partial charge in [0.1, 0.15) is 0 Å². The molecule has 0 saturated heterocycles. The summed E-state index contributed by atoms with van der Waals surface area (Å²) in [5.41, 5.74) is 4.62. The van der Waals surface area contributed by atoms with Gasteiger partial charge in [-0.2, -0.15) is 0 Å². The minimum absolute atomic E-state index is 0.548. The Balaban J connectivity index is 1.94. The van der Waals surface area contributed by atoms with E-state index in [9.17, 15) is 0 Å². The van der Waals surface area contributed by atoms with Crippen LogP contribution >= 0.6 is 0 Å². The van der Waals surface area contributed by atoms with Gasteiger partial charge in [0.25, 0.3) is 0 Å². The fourth-order valence-corrected chi connectivity index (χ4v) is 2.78. The number of benzene rings is 2. The van der Waals surface area contributed by atoms with Gasteiger partial charge in [0.2, 0.25) is 0 Å². The lowest BCUT2D eigenvalue weighted by molar-refractivity contribution is 0.667. The van der Waals surface area contributed by atoms with E-state index in [1.807, 2.05) is 54.6 Å². The molecule has 0 aliphatic heterocycles. The van der Waals surface area contributed by atoms with Crippen LogP contribution in [-0.2, 0) is 0 Å². The van der Waals surface area contributed by atoms with Crippen LogP contribution < -0.4 is 0 Å². The average Bonchev–Trinajstić information content (AvgIpc) is 2.56. The van der Waals surface area contributed by atoms with Gasteiger partial charge < -0.3 is 0 Å². The first-order chi connectivity index (χ1) is 10.3. The summed E-state index contributed by atoms with van der Waals surface area (Å²) >= 11 is 0. The molecule has 0 amide bonds. The molecular weight excluding hydrogens is 256 g/mol. The number of hydrogen-bond acceptors (Lipinski definition) is 2. The lowest BCUT2D eigenvalue weighted by atomic mass is 9.97. The van der Waals surface area contributed by atoms with Crippen LogP contribution in [0.2, 0.25) is 0 Å². The lowest BCUT2D eigenvalue weighted by Crippen LogP contribution is -2.06. The molecule has 0 radical (unpaired) electrons. The van der Waals surface area contributed by atoms with E-state index in [4.69, 9.17) is 10.4 Å². The smallest absolute Gasteiger partial charge is 0.0723 e. The van der Waals surface area contributed by atoms with Crippen molar-refractivity contribution < 1.29 is 0 Å². The summed E-state index contributed by atoms with van der Waals surface area (Å²) in [6.07, 6.45) is 6.02. The number of hydrogen-bond donors (Lipinski definition) is 1. The van der Waals surface area contributed by atoms with Crippen molar-refractivity contribution in [2.75, 3.05) is 0 Å². The summed E-state index contributed by atoms with van der Waals surface area (Å²) in [5, 5.41) is 8.46. The van der Waals surface area contributed by atoms with Crippen molar-refractivity contribution in [3.63, 3.8) is 0 Å². The second-order valence-electron chi connectivity index (χ2n) is 5.50. The Labute approximate surface area is 126 Å². The fourth-order valence-electron chi connectivity index (χ4n) is 2.78. The zero-order valence-electron chi connectivity index (χ0n) is 12.2. The second kappa shape index (κ2) is 6.49. The molecule has 0 spiro atoms. The Kier molecular flexibility index (Phi) is 4.25. The summed E-state index contributed by atoms with van der Waals surface area (Å²) in [6, 6.07) is 17.9. The van der Waals surface area contributed by atoms with Crippen molar-refractivity contribution in [2.45, 2.75) is 32.1 Å². The summed E-state index contributed by atoms with van der Waals surface area (Å²) in [7, 11) is 0. The predicted molar refractivity (Wildman–Crippen MR) is 89.0 cm³/mol. The van der Waals surface area contributed by atoms with Crippen molar-refractivity contribution in [3.8, 4) is 0 Å². The van der Waals surface area contributed by atoms with Gasteiger partial charge in [0.15, 0.2) is 0 Å². The highest BCUT2D eigenvalue weighted by atomic mass is 14.8. The summed E-state index contributed by atoms with van der Waals surface area (Å²) < 4.78 is 0. The number of nitrogens with one attached hydrogen (secondary N) is 1. The highest BCUT2D eigenvalue weighted by molar-refractivity contribution is 6.14. The Morgan fingerprint density at radius 2 is 1.48 bits per heavy atom. The lowest BCUT2D eigenvalue weighted by Gasteiger charge is -2.14. The third-order valence-electron chi connectivity index (χ3n) is 3.95. The van der Waals surface area contributed by atoms with Gasteiger partial charge in [-0.15, -0.1) is 0 Å². The molecule has 2 aromatic rings. The number of aliphatic imine (C=N–C) groups is 1. The highest BCUT2D eigenvalue weighted by Gasteiger charge is 2.11. The van der Waals surface area contributed by atoms with Crippen molar-refractivity contribution in [1.82, 2.24) is 0 Å². The van der Waals surface area contributed by atoms with E-state index in [1.165, 1.54) is 25.0 Å². The quantitative estimate of drug-likeness (QED) is 0.754. The minimum Gasteiger partial charge on any atom is -0.300 e. The first kappa shape index (κ1) is 13.7. The largest absolute Gasteiger partial charge is 0.300 e. The van der Waals surface area contributed by atoms with Gasteiger partial charge >= 0.3 is 0 Å². The second-order valence-corrected chi connectivity index (χ2v) is 5.50. The molecule has 1 saturated carbocycles. The molecule has 1 N–H and O–H groups in total. The van der Waals surface area contributed by atoms with Gasteiger partial charge in [0.05, 0.1) is 11.4 Å². The Morgan fingerprint density at radius 3 is 2.24 bits per heavy atom. The first-order valence-electron chi connectivity index (χ1n) is 7.64. The molecule has 21 heavy (non-hydrogen) atoms. The molecule has 1 aliphatic carbocycles. The van der Waals surface area contributed by atoms with E-state index in [0.717, 1.165) is 29.7 Å². The van der Waals surface area contributed by atoms with E-state index in [0.29, 0.717) is 5.71 Å². The van der Waals surface area contributed by atoms with E-state index in [1.54, 1.807) is 0 Å². The molecule has 0 aromatic heterocycles. The van der Waals surface area contributed by atoms with Gasteiger partial charge in [-0.1, -0.05) is 55.0 Å². The van der Waals surface area contributed by atoms with Crippen LogP contribution in [0.1, 0.15) is 43.2 Å². The molecule has 0 bridgehead atoms. The Hall–Kier alpha value is -2.22. The topological polar surface area (TPSA) is 36.2 Å². The van der Waals surface area contributed by atoms with Gasteiger partial charge in [-0.3, -0.25) is 10.4 Å². The zero-order chi connectivity index (χ0) is 14.5. The van der Waals surface area contributed by atoms with Crippen LogP contribution in [0.15, 0.2) is 59.6 Å². The summed E-state index contributed by atoms with van der Waals surface area (Å²) in [5.74, 6) is 0. The SMILES string of the molecule is N=C(c1ccccc1)c1ccccc1N=C1CCCCC1. The van der Waals surface area contributed by atoms with Crippen LogP contribution in [0.3, 0.4) is 0 Å². The molecule has 0 atom stereocenters. The number of nitrogens with zero attached hydrogens (tertiary/aromatic N) is 1. The molecule has 2 heteroatoms. The standard InChI is InChI=1S/C19H20N2/c20-19(15-9-3-1-4-10-15)17-13-7-8-14-18(17)21-16-11-5-2-6-12-16/h1,3-4,7-10,13-14,20H,2,5-6,11-12H2. The molecule has 0 heterocycles. The van der Waals surface area contributed by atoms with Crippen LogP contribution in [0, 0.1) is 5.41 Å². The fraction of sp³-hybridized carbons (Fsp3) is 0.263. The zero-order valence-corrected chi connectivity index (χ0v) is 12.2. The van der Waals surface area contributed by atoms with Crippen molar-refractivity contribution in [1.29, 1.82) is 5.41 Å². The average molecular weight is 276 g/mol. The number of rotatable bonds is 3.